The molecule has 2 amide bonds. The highest BCUT2D eigenvalue weighted by atomic mass is 35.5. The van der Waals surface area contributed by atoms with Gasteiger partial charge in [-0.25, -0.2) is 13.6 Å². The predicted molar refractivity (Wildman–Crippen MR) is 131 cm³/mol. The fourth-order valence-electron chi connectivity index (χ4n) is 3.89. The third-order valence-electron chi connectivity index (χ3n) is 5.50. The molecule has 1 fully saturated rings. The molecule has 0 saturated carbocycles. The average molecular weight is 495 g/mol. The Morgan fingerprint density at radius 2 is 1.66 bits per heavy atom. The van der Waals surface area contributed by atoms with Crippen LogP contribution in [-0.2, 0) is 0 Å². The molecule has 178 valence electrons. The number of hydrogen-bond acceptors (Lipinski definition) is 3. The summed E-state index contributed by atoms with van der Waals surface area (Å²) in [7, 11) is 0. The number of piperazine rings is 1. The van der Waals surface area contributed by atoms with Gasteiger partial charge in [0.25, 0.3) is 0 Å². The van der Waals surface area contributed by atoms with E-state index < -0.39 is 11.6 Å². The van der Waals surface area contributed by atoms with Crippen LogP contribution >= 0.6 is 11.6 Å². The van der Waals surface area contributed by atoms with Crippen molar-refractivity contribution in [2.45, 2.75) is 6.04 Å². The van der Waals surface area contributed by atoms with Crippen LogP contribution in [0, 0.1) is 23.1 Å². The highest BCUT2D eigenvalue weighted by Crippen LogP contribution is 2.27. The SMILES string of the molecule is N#C/N=C(/Nc1cc(F)cc(F)c1)N1CCN(C(=O)Nc2ccc(Cl)cc2)C(c2ccccc2)C1. The molecule has 2 N–H and O–H groups in total. The maximum atomic E-state index is 13.7. The van der Waals surface area contributed by atoms with Crippen molar-refractivity contribution in [3.8, 4) is 6.19 Å². The molecule has 1 unspecified atom stereocenters. The summed E-state index contributed by atoms with van der Waals surface area (Å²) in [5, 5.41) is 15.5. The molecule has 0 bridgehead atoms. The van der Waals surface area contributed by atoms with E-state index in [1.807, 2.05) is 30.3 Å². The predicted octanol–water partition coefficient (Wildman–Crippen LogP) is 5.46. The van der Waals surface area contributed by atoms with E-state index in [9.17, 15) is 18.8 Å². The van der Waals surface area contributed by atoms with Crippen LogP contribution in [0.25, 0.3) is 0 Å². The molecule has 4 rings (SSSR count). The number of amides is 2. The van der Waals surface area contributed by atoms with E-state index in [1.165, 1.54) is 0 Å². The van der Waals surface area contributed by atoms with Crippen molar-refractivity contribution in [2.24, 2.45) is 4.99 Å². The van der Waals surface area contributed by atoms with Crippen LogP contribution in [-0.4, -0.2) is 41.4 Å². The summed E-state index contributed by atoms with van der Waals surface area (Å²) in [6, 6.07) is 18.6. The van der Waals surface area contributed by atoms with Gasteiger partial charge in [-0.3, -0.25) is 0 Å². The molecular formula is C25H21ClF2N6O. The summed E-state index contributed by atoms with van der Waals surface area (Å²) < 4.78 is 27.3. The van der Waals surface area contributed by atoms with E-state index in [4.69, 9.17) is 11.6 Å². The lowest BCUT2D eigenvalue weighted by molar-refractivity contribution is 0.136. The van der Waals surface area contributed by atoms with Crippen LogP contribution in [0.3, 0.4) is 0 Å². The summed E-state index contributed by atoms with van der Waals surface area (Å²) in [6.45, 7) is 0.939. The van der Waals surface area contributed by atoms with Gasteiger partial charge in [0, 0.05) is 42.1 Å². The van der Waals surface area contributed by atoms with Gasteiger partial charge in [-0.05, 0) is 42.0 Å². The normalized spacial score (nSPS) is 15.9. The number of nitrogens with one attached hydrogen (secondary N) is 2. The van der Waals surface area contributed by atoms with Gasteiger partial charge >= 0.3 is 6.03 Å². The molecule has 1 aliphatic rings. The van der Waals surface area contributed by atoms with Crippen molar-refractivity contribution >= 4 is 35.0 Å². The first-order chi connectivity index (χ1) is 16.9. The Morgan fingerprint density at radius 1 is 0.971 bits per heavy atom. The molecular weight excluding hydrogens is 474 g/mol. The number of anilines is 2. The molecule has 3 aromatic rings. The zero-order valence-electron chi connectivity index (χ0n) is 18.5. The number of hydrogen-bond donors (Lipinski definition) is 2. The minimum Gasteiger partial charge on any atom is -0.338 e. The minimum atomic E-state index is -0.755. The summed E-state index contributed by atoms with van der Waals surface area (Å²) in [6.07, 6.45) is 1.73. The van der Waals surface area contributed by atoms with E-state index in [0.717, 1.165) is 23.8 Å². The summed E-state index contributed by atoms with van der Waals surface area (Å²) >= 11 is 5.94. The van der Waals surface area contributed by atoms with Gasteiger partial charge < -0.3 is 20.4 Å². The van der Waals surface area contributed by atoms with Crippen LogP contribution in [0.4, 0.5) is 25.0 Å². The zero-order chi connectivity index (χ0) is 24.8. The third kappa shape index (κ3) is 6.05. The second kappa shape index (κ2) is 10.8. The van der Waals surface area contributed by atoms with Crippen LogP contribution in [0.1, 0.15) is 11.6 Å². The number of guanidine groups is 1. The maximum absolute atomic E-state index is 13.7. The number of urea groups is 1. The Morgan fingerprint density at radius 3 is 2.31 bits per heavy atom. The lowest BCUT2D eigenvalue weighted by atomic mass is 10.0. The van der Waals surface area contributed by atoms with Crippen LogP contribution < -0.4 is 10.6 Å². The number of nitriles is 1. The lowest BCUT2D eigenvalue weighted by Gasteiger charge is -2.42. The molecule has 1 heterocycles. The van der Waals surface area contributed by atoms with Crippen molar-refractivity contribution in [1.29, 1.82) is 5.26 Å². The van der Waals surface area contributed by atoms with Crippen LogP contribution in [0.2, 0.25) is 5.02 Å². The molecule has 0 spiro atoms. The Hall–Kier alpha value is -4.16. The smallest absolute Gasteiger partial charge is 0.322 e. The maximum Gasteiger partial charge on any atom is 0.322 e. The van der Waals surface area contributed by atoms with Gasteiger partial charge in [0.1, 0.15) is 11.6 Å². The molecule has 10 heteroatoms. The number of carbonyl (C=O) groups is 1. The zero-order valence-corrected chi connectivity index (χ0v) is 19.2. The standard InChI is InChI=1S/C25H21ClF2N6O/c26-18-6-8-21(9-7-18)32-25(35)34-11-10-33(15-23(34)17-4-2-1-3-5-17)24(30-16-29)31-22-13-19(27)12-20(28)14-22/h1-9,12-14,23H,10-11,15H2,(H,30,31)(H,32,35). The molecule has 3 aromatic carbocycles. The first kappa shape index (κ1) is 24.0. The topological polar surface area (TPSA) is 83.8 Å². The molecule has 7 nitrogen and oxygen atoms in total. The second-order valence-electron chi connectivity index (χ2n) is 7.82. The average Bonchev–Trinajstić information content (AvgIpc) is 2.85. The monoisotopic (exact) mass is 494 g/mol. The fraction of sp³-hybridized carbons (Fsp3) is 0.160. The van der Waals surface area contributed by atoms with Crippen molar-refractivity contribution in [2.75, 3.05) is 30.3 Å². The number of halogens is 3. The quantitative estimate of drug-likeness (QED) is 0.288. The molecule has 1 saturated heterocycles. The van der Waals surface area contributed by atoms with Crippen LogP contribution in [0.15, 0.2) is 77.8 Å². The van der Waals surface area contributed by atoms with Gasteiger partial charge in [0.05, 0.1) is 6.04 Å². The van der Waals surface area contributed by atoms with E-state index in [-0.39, 0.29) is 23.7 Å². The van der Waals surface area contributed by atoms with Crippen molar-refractivity contribution < 1.29 is 13.6 Å². The van der Waals surface area contributed by atoms with Gasteiger partial charge in [0.15, 0.2) is 0 Å². The first-order valence-electron chi connectivity index (χ1n) is 10.8. The van der Waals surface area contributed by atoms with Gasteiger partial charge in [-0.15, -0.1) is 4.99 Å². The van der Waals surface area contributed by atoms with Gasteiger partial charge in [0.2, 0.25) is 12.2 Å². The van der Waals surface area contributed by atoms with Crippen molar-refractivity contribution in [3.63, 3.8) is 0 Å². The number of carbonyl (C=O) groups excluding carboxylic acids is 1. The third-order valence-corrected chi connectivity index (χ3v) is 5.75. The lowest BCUT2D eigenvalue weighted by Crippen LogP contribution is -2.54. The van der Waals surface area contributed by atoms with Gasteiger partial charge in [-0.1, -0.05) is 41.9 Å². The largest absolute Gasteiger partial charge is 0.338 e. The van der Waals surface area contributed by atoms with Gasteiger partial charge in [-0.2, -0.15) is 5.26 Å². The van der Waals surface area contributed by atoms with E-state index in [0.29, 0.717) is 30.3 Å². The summed E-state index contributed by atoms with van der Waals surface area (Å²) in [5.41, 5.74) is 1.61. The highest BCUT2D eigenvalue weighted by molar-refractivity contribution is 6.30. The van der Waals surface area contributed by atoms with E-state index in [2.05, 4.69) is 15.6 Å². The Balaban J connectivity index is 1.57. The van der Waals surface area contributed by atoms with E-state index >= 15 is 0 Å². The molecule has 0 aliphatic carbocycles. The molecule has 35 heavy (non-hydrogen) atoms. The number of aliphatic imine (C=N–C) groups is 1. The molecule has 1 atom stereocenters. The number of rotatable bonds is 3. The molecule has 0 aromatic heterocycles. The van der Waals surface area contributed by atoms with Crippen molar-refractivity contribution in [1.82, 2.24) is 9.80 Å². The Bertz CT molecular complexity index is 1240. The molecule has 0 radical (unpaired) electrons. The summed E-state index contributed by atoms with van der Waals surface area (Å²) in [4.78, 5) is 20.5. The second-order valence-corrected chi connectivity index (χ2v) is 8.26. The summed E-state index contributed by atoms with van der Waals surface area (Å²) in [5.74, 6) is -1.37. The number of benzene rings is 3. The Kier molecular flexibility index (Phi) is 7.43. The minimum absolute atomic E-state index is 0.121. The van der Waals surface area contributed by atoms with Crippen molar-refractivity contribution in [3.05, 3.63) is 95.0 Å². The van der Waals surface area contributed by atoms with Crippen LogP contribution in [0.5, 0.6) is 0 Å². The Labute approximate surface area is 206 Å². The molecule has 1 aliphatic heterocycles. The fourth-order valence-corrected chi connectivity index (χ4v) is 4.01. The first-order valence-corrected chi connectivity index (χ1v) is 11.1. The number of nitrogens with zero attached hydrogens (tertiary/aromatic N) is 4. The van der Waals surface area contributed by atoms with E-state index in [1.54, 1.807) is 40.3 Å². The highest BCUT2D eigenvalue weighted by Gasteiger charge is 2.33.